The minimum Gasteiger partial charge on any atom is -0.443 e. The molecule has 1 rings (SSSR count). The summed E-state index contributed by atoms with van der Waals surface area (Å²) in [5, 5.41) is 2.76. The van der Waals surface area contributed by atoms with Gasteiger partial charge in [0.1, 0.15) is 6.10 Å². The van der Waals surface area contributed by atoms with Crippen LogP contribution in [-0.4, -0.2) is 48.7 Å². The normalized spacial score (nSPS) is 20.1. The van der Waals surface area contributed by atoms with Crippen molar-refractivity contribution in [3.8, 4) is 0 Å². The third-order valence-electron chi connectivity index (χ3n) is 2.27. The fourth-order valence-corrected chi connectivity index (χ4v) is 1.51. The van der Waals surface area contributed by atoms with Crippen LogP contribution >= 0.6 is 0 Å². The zero-order valence-electron chi connectivity index (χ0n) is 9.73. The highest BCUT2D eigenvalue weighted by Crippen LogP contribution is 2.10. The van der Waals surface area contributed by atoms with Gasteiger partial charge in [-0.3, -0.25) is 4.79 Å². The molecule has 0 aromatic heterocycles. The lowest BCUT2D eigenvalue weighted by molar-refractivity contribution is -0.121. The average molecular weight is 229 g/mol. The molecule has 0 saturated carbocycles. The number of ether oxygens (including phenoxy) is 1. The van der Waals surface area contributed by atoms with Crippen molar-refractivity contribution in [1.29, 1.82) is 0 Å². The number of hydrogen-bond donors (Lipinski definition) is 2. The number of hydrogen-bond acceptors (Lipinski definition) is 4. The van der Waals surface area contributed by atoms with Gasteiger partial charge in [-0.1, -0.05) is 0 Å². The maximum absolute atomic E-state index is 11.4. The van der Waals surface area contributed by atoms with Crippen LogP contribution in [0.3, 0.4) is 0 Å². The van der Waals surface area contributed by atoms with Crippen molar-refractivity contribution in [2.24, 2.45) is 5.73 Å². The molecule has 16 heavy (non-hydrogen) atoms. The molecule has 0 radical (unpaired) electrons. The fraction of sp³-hybridized carbons (Fsp3) is 0.800. The highest BCUT2D eigenvalue weighted by Gasteiger charge is 2.30. The highest BCUT2D eigenvalue weighted by atomic mass is 16.6. The molecule has 1 heterocycles. The van der Waals surface area contributed by atoms with E-state index in [-0.39, 0.29) is 24.1 Å². The number of rotatable bonds is 5. The third-order valence-corrected chi connectivity index (χ3v) is 2.27. The molecule has 92 valence electrons. The maximum atomic E-state index is 11.4. The summed E-state index contributed by atoms with van der Waals surface area (Å²) in [5.41, 5.74) is 5.40. The van der Waals surface area contributed by atoms with Gasteiger partial charge in [-0.25, -0.2) is 4.79 Å². The first-order chi connectivity index (χ1) is 7.52. The summed E-state index contributed by atoms with van der Waals surface area (Å²) in [4.78, 5) is 24.2. The Morgan fingerprint density at radius 1 is 1.69 bits per heavy atom. The number of carbonyl (C=O) groups excluding carboxylic acids is 2. The summed E-state index contributed by atoms with van der Waals surface area (Å²) in [6.07, 6.45) is -0.321. The topological polar surface area (TPSA) is 84.7 Å². The van der Waals surface area contributed by atoms with Crippen LogP contribution in [0.25, 0.3) is 0 Å². The first-order valence-corrected chi connectivity index (χ1v) is 5.48. The lowest BCUT2D eigenvalue weighted by Gasteiger charge is -2.13. The minimum absolute atomic E-state index is 0.0565. The van der Waals surface area contributed by atoms with E-state index in [1.807, 2.05) is 13.8 Å². The van der Waals surface area contributed by atoms with Gasteiger partial charge >= 0.3 is 6.09 Å². The van der Waals surface area contributed by atoms with E-state index < -0.39 is 0 Å². The van der Waals surface area contributed by atoms with Gasteiger partial charge in [0.2, 0.25) is 5.91 Å². The Kier molecular flexibility index (Phi) is 4.54. The van der Waals surface area contributed by atoms with Gasteiger partial charge in [0.25, 0.3) is 0 Å². The van der Waals surface area contributed by atoms with Crippen molar-refractivity contribution < 1.29 is 14.3 Å². The van der Waals surface area contributed by atoms with E-state index in [2.05, 4.69) is 5.32 Å². The third kappa shape index (κ3) is 3.69. The van der Waals surface area contributed by atoms with E-state index in [0.29, 0.717) is 26.1 Å². The standard InChI is InChI=1S/C10H19N3O3/c1-7(2)12-9(14)3-4-13-6-8(5-11)16-10(13)15/h7-8H,3-6,11H2,1-2H3,(H,12,14). The quantitative estimate of drug-likeness (QED) is 0.676. The first-order valence-electron chi connectivity index (χ1n) is 5.48. The number of nitrogens with one attached hydrogen (secondary N) is 1. The largest absolute Gasteiger partial charge is 0.443 e. The summed E-state index contributed by atoms with van der Waals surface area (Å²) >= 11 is 0. The molecule has 0 aromatic carbocycles. The van der Waals surface area contributed by atoms with Crippen LogP contribution in [0.1, 0.15) is 20.3 Å². The number of cyclic esters (lactones) is 1. The van der Waals surface area contributed by atoms with E-state index in [1.54, 1.807) is 0 Å². The Morgan fingerprint density at radius 3 is 2.88 bits per heavy atom. The van der Waals surface area contributed by atoms with Crippen LogP contribution in [0.5, 0.6) is 0 Å². The van der Waals surface area contributed by atoms with Gasteiger partial charge in [0, 0.05) is 25.6 Å². The molecule has 1 saturated heterocycles. The van der Waals surface area contributed by atoms with Crippen molar-refractivity contribution in [2.45, 2.75) is 32.4 Å². The van der Waals surface area contributed by atoms with Crippen LogP contribution in [0, 0.1) is 0 Å². The SMILES string of the molecule is CC(C)NC(=O)CCN1CC(CN)OC1=O. The molecule has 0 bridgehead atoms. The summed E-state index contributed by atoms with van der Waals surface area (Å²) in [5.74, 6) is -0.0565. The molecule has 6 nitrogen and oxygen atoms in total. The van der Waals surface area contributed by atoms with E-state index >= 15 is 0 Å². The lowest BCUT2D eigenvalue weighted by Crippen LogP contribution is -2.35. The molecule has 0 spiro atoms. The summed E-state index contributed by atoms with van der Waals surface area (Å²) < 4.78 is 4.97. The zero-order valence-corrected chi connectivity index (χ0v) is 9.73. The van der Waals surface area contributed by atoms with Crippen LogP contribution in [0.15, 0.2) is 0 Å². The Balaban J connectivity index is 2.28. The molecular weight excluding hydrogens is 210 g/mol. The molecule has 1 fully saturated rings. The molecular formula is C10H19N3O3. The van der Waals surface area contributed by atoms with Gasteiger partial charge in [-0.05, 0) is 13.8 Å². The van der Waals surface area contributed by atoms with Crippen molar-refractivity contribution in [3.63, 3.8) is 0 Å². The van der Waals surface area contributed by atoms with Crippen molar-refractivity contribution in [3.05, 3.63) is 0 Å². The van der Waals surface area contributed by atoms with Gasteiger partial charge in [0.15, 0.2) is 0 Å². The second-order valence-electron chi connectivity index (χ2n) is 4.16. The number of nitrogens with zero attached hydrogens (tertiary/aromatic N) is 1. The van der Waals surface area contributed by atoms with Crippen molar-refractivity contribution in [1.82, 2.24) is 10.2 Å². The molecule has 0 aromatic rings. The molecule has 0 aliphatic carbocycles. The van der Waals surface area contributed by atoms with Crippen LogP contribution < -0.4 is 11.1 Å². The van der Waals surface area contributed by atoms with E-state index in [1.165, 1.54) is 4.90 Å². The zero-order chi connectivity index (χ0) is 12.1. The Labute approximate surface area is 95.1 Å². The first kappa shape index (κ1) is 12.8. The number of amides is 2. The van der Waals surface area contributed by atoms with Crippen LogP contribution in [0.4, 0.5) is 4.79 Å². The predicted molar refractivity (Wildman–Crippen MR) is 58.8 cm³/mol. The molecule has 2 amide bonds. The predicted octanol–water partition coefficient (Wildman–Crippen LogP) is -0.319. The summed E-state index contributed by atoms with van der Waals surface area (Å²) in [6, 6.07) is 0.120. The average Bonchev–Trinajstić information content (AvgIpc) is 2.55. The van der Waals surface area contributed by atoms with E-state index in [0.717, 1.165) is 0 Å². The molecule has 1 aliphatic rings. The fourth-order valence-electron chi connectivity index (χ4n) is 1.51. The van der Waals surface area contributed by atoms with Crippen LogP contribution in [-0.2, 0) is 9.53 Å². The molecule has 6 heteroatoms. The molecule has 1 atom stereocenters. The second-order valence-corrected chi connectivity index (χ2v) is 4.16. The Bertz CT molecular complexity index is 268. The van der Waals surface area contributed by atoms with E-state index in [9.17, 15) is 9.59 Å². The number of nitrogens with two attached hydrogens (primary N) is 1. The van der Waals surface area contributed by atoms with E-state index in [4.69, 9.17) is 10.5 Å². The highest BCUT2D eigenvalue weighted by molar-refractivity contribution is 5.77. The van der Waals surface area contributed by atoms with Gasteiger partial charge in [-0.15, -0.1) is 0 Å². The Morgan fingerprint density at radius 2 is 2.38 bits per heavy atom. The summed E-state index contributed by atoms with van der Waals surface area (Å²) in [7, 11) is 0. The lowest BCUT2D eigenvalue weighted by atomic mass is 10.3. The summed E-state index contributed by atoms with van der Waals surface area (Å²) in [6.45, 7) is 4.97. The molecule has 1 unspecified atom stereocenters. The van der Waals surface area contributed by atoms with Gasteiger partial charge in [0.05, 0.1) is 6.54 Å². The Hall–Kier alpha value is -1.30. The van der Waals surface area contributed by atoms with Crippen LogP contribution in [0.2, 0.25) is 0 Å². The maximum Gasteiger partial charge on any atom is 0.410 e. The smallest absolute Gasteiger partial charge is 0.410 e. The minimum atomic E-state index is -0.382. The monoisotopic (exact) mass is 229 g/mol. The molecule has 1 aliphatic heterocycles. The van der Waals surface area contributed by atoms with Gasteiger partial charge < -0.3 is 20.7 Å². The van der Waals surface area contributed by atoms with Crippen molar-refractivity contribution in [2.75, 3.05) is 19.6 Å². The number of carbonyl (C=O) groups is 2. The second kappa shape index (κ2) is 5.69. The van der Waals surface area contributed by atoms with Gasteiger partial charge in [-0.2, -0.15) is 0 Å². The molecule has 3 N–H and O–H groups in total. The van der Waals surface area contributed by atoms with Crippen molar-refractivity contribution >= 4 is 12.0 Å².